The fourth-order valence-corrected chi connectivity index (χ4v) is 6.05. The molecular formula is C29H27N3O2. The maximum Gasteiger partial charge on any atom is 0.195 e. The molecular weight excluding hydrogens is 422 g/mol. The molecule has 170 valence electrons. The first kappa shape index (κ1) is 21.0. The monoisotopic (exact) mass is 449 g/mol. The first-order valence-electron chi connectivity index (χ1n) is 12.0. The lowest BCUT2D eigenvalue weighted by atomic mass is 9.70. The van der Waals surface area contributed by atoms with E-state index < -0.39 is 5.41 Å². The van der Waals surface area contributed by atoms with Crippen LogP contribution in [0.25, 0.3) is 10.9 Å². The molecule has 0 amide bonds. The smallest absolute Gasteiger partial charge is 0.195 e. The molecule has 5 nitrogen and oxygen atoms in total. The number of ether oxygens (including phenoxy) is 1. The molecule has 2 saturated heterocycles. The van der Waals surface area contributed by atoms with Crippen LogP contribution in [-0.4, -0.2) is 37.1 Å². The Morgan fingerprint density at radius 2 is 1.91 bits per heavy atom. The van der Waals surface area contributed by atoms with Crippen LogP contribution in [-0.2, 0) is 10.2 Å². The van der Waals surface area contributed by atoms with Crippen LogP contribution in [0.1, 0.15) is 65.0 Å². The average Bonchev–Trinajstić information content (AvgIpc) is 3.21. The molecule has 0 spiro atoms. The van der Waals surface area contributed by atoms with E-state index in [1.54, 1.807) is 6.07 Å². The van der Waals surface area contributed by atoms with E-state index in [0.717, 1.165) is 78.5 Å². The Balaban J connectivity index is 1.43. The van der Waals surface area contributed by atoms with Gasteiger partial charge in [0.15, 0.2) is 5.78 Å². The van der Waals surface area contributed by atoms with Gasteiger partial charge in [-0.25, -0.2) is 0 Å². The summed E-state index contributed by atoms with van der Waals surface area (Å²) >= 11 is 0. The zero-order valence-corrected chi connectivity index (χ0v) is 19.6. The quantitative estimate of drug-likeness (QED) is 0.573. The summed E-state index contributed by atoms with van der Waals surface area (Å²) in [4.78, 5) is 19.6. The molecule has 6 rings (SSSR count). The van der Waals surface area contributed by atoms with Crippen LogP contribution in [0.5, 0.6) is 0 Å². The van der Waals surface area contributed by atoms with Gasteiger partial charge < -0.3 is 14.6 Å². The Kier molecular flexibility index (Phi) is 4.63. The van der Waals surface area contributed by atoms with E-state index >= 15 is 0 Å². The standard InChI is InChI=1S/C29H27N3O2/c1-4-18-12-22-23(13-25(18)32-9-7-19(8-10-32)20-15-34-16-20)29(2,3)28-26(27(22)33)21-6-5-17(14-30)11-24(21)31-28/h1,5-6,11-13,19-20,31H,7-10,15-16H2,2-3H3. The number of hydrogen-bond acceptors (Lipinski definition) is 4. The third-order valence-corrected chi connectivity index (χ3v) is 8.20. The number of aromatic nitrogens is 1. The first-order chi connectivity index (χ1) is 16.4. The van der Waals surface area contributed by atoms with Gasteiger partial charge >= 0.3 is 0 Å². The van der Waals surface area contributed by atoms with Crippen molar-refractivity contribution < 1.29 is 9.53 Å². The Morgan fingerprint density at radius 1 is 1.15 bits per heavy atom. The minimum Gasteiger partial charge on any atom is -0.381 e. The van der Waals surface area contributed by atoms with Crippen molar-refractivity contribution in [3.63, 3.8) is 0 Å². The second-order valence-corrected chi connectivity index (χ2v) is 10.4. The van der Waals surface area contributed by atoms with Crippen LogP contribution in [0.2, 0.25) is 0 Å². The second kappa shape index (κ2) is 7.49. The topological polar surface area (TPSA) is 69.1 Å². The highest BCUT2D eigenvalue weighted by molar-refractivity contribution is 6.20. The van der Waals surface area contributed by atoms with E-state index in [1.165, 1.54) is 0 Å². The molecule has 2 aromatic carbocycles. The molecule has 3 aromatic rings. The summed E-state index contributed by atoms with van der Waals surface area (Å²) < 4.78 is 5.40. The molecule has 3 heterocycles. The Labute approximate surface area is 199 Å². The molecule has 1 aliphatic carbocycles. The molecule has 0 unspecified atom stereocenters. The summed E-state index contributed by atoms with van der Waals surface area (Å²) in [7, 11) is 0. The predicted molar refractivity (Wildman–Crippen MR) is 132 cm³/mol. The lowest BCUT2D eigenvalue weighted by molar-refractivity contribution is -0.0650. The van der Waals surface area contributed by atoms with Crippen LogP contribution in [0, 0.1) is 35.5 Å². The highest BCUT2D eigenvalue weighted by Gasteiger charge is 2.41. The zero-order valence-electron chi connectivity index (χ0n) is 19.6. The van der Waals surface area contributed by atoms with Crippen molar-refractivity contribution in [2.45, 2.75) is 32.1 Å². The fraction of sp³-hybridized carbons (Fsp3) is 0.379. The Hall–Kier alpha value is -3.54. The number of nitrogens with one attached hydrogen (secondary N) is 1. The van der Waals surface area contributed by atoms with Gasteiger partial charge in [-0.05, 0) is 48.6 Å². The lowest BCUT2D eigenvalue weighted by Gasteiger charge is -2.41. The number of piperidine rings is 1. The van der Waals surface area contributed by atoms with Gasteiger partial charge in [0.1, 0.15) is 0 Å². The number of carbonyl (C=O) groups is 1. The molecule has 5 heteroatoms. The van der Waals surface area contributed by atoms with E-state index in [4.69, 9.17) is 11.2 Å². The van der Waals surface area contributed by atoms with E-state index in [9.17, 15) is 10.1 Å². The minimum absolute atomic E-state index is 0.00738. The van der Waals surface area contributed by atoms with Gasteiger partial charge in [0, 0.05) is 52.1 Å². The number of anilines is 1. The van der Waals surface area contributed by atoms with Crippen molar-refractivity contribution in [1.82, 2.24) is 4.98 Å². The Morgan fingerprint density at radius 3 is 2.56 bits per heavy atom. The highest BCUT2D eigenvalue weighted by atomic mass is 16.5. The minimum atomic E-state index is -0.409. The molecule has 2 fully saturated rings. The average molecular weight is 450 g/mol. The van der Waals surface area contributed by atoms with Crippen LogP contribution in [0.3, 0.4) is 0 Å². The summed E-state index contributed by atoms with van der Waals surface area (Å²) in [6.45, 7) is 8.05. The maximum atomic E-state index is 13.8. The van der Waals surface area contributed by atoms with Gasteiger partial charge in [-0.1, -0.05) is 25.8 Å². The molecule has 1 aromatic heterocycles. The molecule has 1 N–H and O–H groups in total. The molecule has 0 saturated carbocycles. The van der Waals surface area contributed by atoms with E-state index in [-0.39, 0.29) is 5.78 Å². The molecule has 2 aliphatic heterocycles. The van der Waals surface area contributed by atoms with Gasteiger partial charge in [0.2, 0.25) is 0 Å². The van der Waals surface area contributed by atoms with Crippen molar-refractivity contribution in [3.8, 4) is 18.4 Å². The van der Waals surface area contributed by atoms with E-state index in [0.29, 0.717) is 22.6 Å². The Bertz CT molecular complexity index is 1420. The van der Waals surface area contributed by atoms with Gasteiger partial charge in [-0.15, -0.1) is 6.42 Å². The number of aromatic amines is 1. The van der Waals surface area contributed by atoms with Crippen LogP contribution in [0.4, 0.5) is 5.69 Å². The normalized spacial score (nSPS) is 19.8. The van der Waals surface area contributed by atoms with Gasteiger partial charge in [0.25, 0.3) is 0 Å². The number of fused-ring (bicyclic) bond motifs is 4. The van der Waals surface area contributed by atoms with Gasteiger partial charge in [-0.2, -0.15) is 5.26 Å². The number of H-pyrrole nitrogens is 1. The lowest BCUT2D eigenvalue weighted by Crippen LogP contribution is -2.42. The van der Waals surface area contributed by atoms with Gasteiger partial charge in [-0.3, -0.25) is 4.79 Å². The molecule has 34 heavy (non-hydrogen) atoms. The SMILES string of the molecule is C#Cc1cc2c(cc1N1CCC(C3COC3)CC1)C(C)(C)c1[nH]c3cc(C#N)ccc3c1C2=O. The third kappa shape index (κ3) is 2.94. The largest absolute Gasteiger partial charge is 0.381 e. The van der Waals surface area contributed by atoms with Crippen molar-refractivity contribution >= 4 is 22.4 Å². The zero-order chi connectivity index (χ0) is 23.6. The molecule has 3 aliphatic rings. The van der Waals surface area contributed by atoms with Crippen molar-refractivity contribution in [3.05, 3.63) is 63.8 Å². The number of ketones is 1. The number of nitrogens with zero attached hydrogens (tertiary/aromatic N) is 2. The summed E-state index contributed by atoms with van der Waals surface area (Å²) in [6.07, 6.45) is 8.25. The maximum absolute atomic E-state index is 13.8. The number of carbonyl (C=O) groups excluding carboxylic acids is 1. The van der Waals surface area contributed by atoms with Crippen molar-refractivity contribution in [2.24, 2.45) is 11.8 Å². The van der Waals surface area contributed by atoms with Crippen LogP contribution >= 0.6 is 0 Å². The third-order valence-electron chi connectivity index (χ3n) is 8.20. The van der Waals surface area contributed by atoms with Crippen LogP contribution in [0.15, 0.2) is 30.3 Å². The summed E-state index contributed by atoms with van der Waals surface area (Å²) in [6, 6.07) is 11.7. The first-order valence-corrected chi connectivity index (χ1v) is 12.0. The fourth-order valence-electron chi connectivity index (χ4n) is 6.05. The molecule has 0 bridgehead atoms. The highest BCUT2D eigenvalue weighted by Crippen LogP contribution is 2.46. The molecule has 0 atom stereocenters. The molecule has 0 radical (unpaired) electrons. The van der Waals surface area contributed by atoms with E-state index in [1.807, 2.05) is 18.2 Å². The number of terminal acetylenes is 1. The number of rotatable bonds is 2. The number of nitriles is 1. The van der Waals surface area contributed by atoms with Crippen molar-refractivity contribution in [2.75, 3.05) is 31.2 Å². The van der Waals surface area contributed by atoms with Crippen LogP contribution < -0.4 is 4.90 Å². The number of benzene rings is 2. The van der Waals surface area contributed by atoms with Gasteiger partial charge in [0.05, 0.1) is 36.1 Å². The predicted octanol–water partition coefficient (Wildman–Crippen LogP) is 4.75. The summed E-state index contributed by atoms with van der Waals surface area (Å²) in [5, 5.41) is 10.2. The van der Waals surface area contributed by atoms with E-state index in [2.05, 4.69) is 41.8 Å². The summed E-state index contributed by atoms with van der Waals surface area (Å²) in [5.74, 6) is 4.28. The number of hydrogen-bond donors (Lipinski definition) is 1. The second-order valence-electron chi connectivity index (χ2n) is 10.4. The van der Waals surface area contributed by atoms with Crippen molar-refractivity contribution in [1.29, 1.82) is 5.26 Å². The summed E-state index contributed by atoms with van der Waals surface area (Å²) in [5.41, 5.74) is 6.09.